The van der Waals surface area contributed by atoms with E-state index in [-0.39, 0.29) is 18.3 Å². The smallest absolute Gasteiger partial charge is 0.225 e. The van der Waals surface area contributed by atoms with Crippen LogP contribution in [0.2, 0.25) is 5.02 Å². The van der Waals surface area contributed by atoms with E-state index in [9.17, 15) is 4.79 Å². The van der Waals surface area contributed by atoms with Crippen molar-refractivity contribution in [2.45, 2.75) is 38.6 Å². The number of amides is 1. The SMILES string of the molecule is Cl.NCCCCCCC(=O)Nc1ccnn1Cc1ccc(Cl)cc1. The van der Waals surface area contributed by atoms with Gasteiger partial charge in [0.1, 0.15) is 5.82 Å². The number of unbranched alkanes of at least 4 members (excludes halogenated alkanes) is 3. The van der Waals surface area contributed by atoms with Crippen LogP contribution in [0.4, 0.5) is 5.82 Å². The molecule has 0 aliphatic rings. The molecular formula is C17H24Cl2N4O. The van der Waals surface area contributed by atoms with Crippen LogP contribution < -0.4 is 11.1 Å². The van der Waals surface area contributed by atoms with Crippen molar-refractivity contribution in [3.63, 3.8) is 0 Å². The number of anilines is 1. The second-order valence-corrected chi connectivity index (χ2v) is 5.94. The van der Waals surface area contributed by atoms with Crippen molar-refractivity contribution in [3.05, 3.63) is 47.1 Å². The Kier molecular flexibility index (Phi) is 9.45. The molecule has 1 aromatic carbocycles. The van der Waals surface area contributed by atoms with E-state index in [4.69, 9.17) is 17.3 Å². The number of carbonyl (C=O) groups excluding carboxylic acids is 1. The van der Waals surface area contributed by atoms with E-state index in [2.05, 4.69) is 10.4 Å². The molecule has 0 unspecified atom stereocenters. The normalized spacial score (nSPS) is 10.2. The molecule has 0 aliphatic heterocycles. The molecule has 7 heteroatoms. The number of hydrogen-bond donors (Lipinski definition) is 2. The maximum atomic E-state index is 12.0. The molecule has 1 amide bonds. The number of aromatic nitrogens is 2. The molecule has 2 aromatic rings. The minimum atomic E-state index is 0. The predicted octanol–water partition coefficient (Wildman–Crippen LogP) is 3.85. The number of halogens is 2. The third kappa shape index (κ3) is 6.91. The summed E-state index contributed by atoms with van der Waals surface area (Å²) in [7, 11) is 0. The molecule has 1 aromatic heterocycles. The first-order valence-electron chi connectivity index (χ1n) is 7.95. The molecule has 0 saturated carbocycles. The molecule has 1 heterocycles. The summed E-state index contributed by atoms with van der Waals surface area (Å²) in [6, 6.07) is 9.41. The number of hydrogen-bond acceptors (Lipinski definition) is 3. The van der Waals surface area contributed by atoms with Crippen molar-refractivity contribution < 1.29 is 4.79 Å². The van der Waals surface area contributed by atoms with Crippen LogP contribution in [0.15, 0.2) is 36.5 Å². The van der Waals surface area contributed by atoms with E-state index in [1.54, 1.807) is 10.9 Å². The van der Waals surface area contributed by atoms with Crippen LogP contribution in [0.25, 0.3) is 0 Å². The molecule has 0 bridgehead atoms. The van der Waals surface area contributed by atoms with Crippen LogP contribution in [-0.2, 0) is 11.3 Å². The number of benzene rings is 1. The van der Waals surface area contributed by atoms with Gasteiger partial charge in [-0.25, -0.2) is 4.68 Å². The van der Waals surface area contributed by atoms with Crippen LogP contribution in [-0.4, -0.2) is 22.2 Å². The van der Waals surface area contributed by atoms with Crippen molar-refractivity contribution in [1.29, 1.82) is 0 Å². The predicted molar refractivity (Wildman–Crippen MR) is 101 cm³/mol. The molecular weight excluding hydrogens is 347 g/mol. The van der Waals surface area contributed by atoms with Gasteiger partial charge in [0.25, 0.3) is 0 Å². The van der Waals surface area contributed by atoms with Gasteiger partial charge in [0.2, 0.25) is 5.91 Å². The first-order chi connectivity index (χ1) is 11.2. The highest BCUT2D eigenvalue weighted by Gasteiger charge is 2.07. The number of nitrogens with two attached hydrogens (primary N) is 1. The highest BCUT2D eigenvalue weighted by molar-refractivity contribution is 6.30. The lowest BCUT2D eigenvalue weighted by molar-refractivity contribution is -0.116. The Hall–Kier alpha value is -1.56. The lowest BCUT2D eigenvalue weighted by Crippen LogP contribution is -2.15. The summed E-state index contributed by atoms with van der Waals surface area (Å²) in [5.41, 5.74) is 6.53. The number of nitrogens with one attached hydrogen (secondary N) is 1. The molecule has 0 atom stereocenters. The lowest BCUT2D eigenvalue weighted by Gasteiger charge is -2.09. The highest BCUT2D eigenvalue weighted by Crippen LogP contribution is 2.14. The van der Waals surface area contributed by atoms with Crippen molar-refractivity contribution in [1.82, 2.24) is 9.78 Å². The molecule has 5 nitrogen and oxygen atoms in total. The topological polar surface area (TPSA) is 72.9 Å². The van der Waals surface area contributed by atoms with Gasteiger partial charge in [-0.05, 0) is 37.1 Å². The third-order valence-electron chi connectivity index (χ3n) is 3.59. The van der Waals surface area contributed by atoms with Crippen LogP contribution in [0.5, 0.6) is 0 Å². The Labute approximate surface area is 154 Å². The van der Waals surface area contributed by atoms with Crippen LogP contribution in [0.3, 0.4) is 0 Å². The summed E-state index contributed by atoms with van der Waals surface area (Å²) in [6.07, 6.45) is 6.24. The molecule has 2 rings (SSSR count). The van der Waals surface area contributed by atoms with Crippen molar-refractivity contribution >= 4 is 35.7 Å². The van der Waals surface area contributed by atoms with Crippen LogP contribution >= 0.6 is 24.0 Å². The molecule has 0 aliphatic carbocycles. The van der Waals surface area contributed by atoms with Gasteiger partial charge in [0, 0.05) is 17.5 Å². The number of nitrogens with zero attached hydrogens (tertiary/aromatic N) is 2. The molecule has 132 valence electrons. The maximum Gasteiger partial charge on any atom is 0.225 e. The first kappa shape index (κ1) is 20.5. The Morgan fingerprint density at radius 1 is 1.12 bits per heavy atom. The van der Waals surface area contributed by atoms with Gasteiger partial charge >= 0.3 is 0 Å². The summed E-state index contributed by atoms with van der Waals surface area (Å²) in [6.45, 7) is 1.31. The lowest BCUT2D eigenvalue weighted by atomic mass is 10.1. The molecule has 3 N–H and O–H groups in total. The van der Waals surface area contributed by atoms with Crippen LogP contribution in [0.1, 0.15) is 37.7 Å². The van der Waals surface area contributed by atoms with E-state index >= 15 is 0 Å². The molecule has 0 fully saturated rings. The molecule has 0 saturated heterocycles. The first-order valence-corrected chi connectivity index (χ1v) is 8.33. The Morgan fingerprint density at radius 3 is 2.54 bits per heavy atom. The number of carbonyl (C=O) groups is 1. The van der Waals surface area contributed by atoms with Gasteiger partial charge in [-0.3, -0.25) is 4.79 Å². The second kappa shape index (κ2) is 11.1. The highest BCUT2D eigenvalue weighted by atomic mass is 35.5. The molecule has 0 radical (unpaired) electrons. The third-order valence-corrected chi connectivity index (χ3v) is 3.84. The molecule has 0 spiro atoms. The minimum Gasteiger partial charge on any atom is -0.330 e. The standard InChI is InChI=1S/C17H23ClN4O.ClH/c18-15-8-6-14(7-9-15)13-22-16(10-12-20-22)21-17(23)5-3-1-2-4-11-19;/h6-10,12H,1-5,11,13,19H2,(H,21,23);1H. The molecule has 24 heavy (non-hydrogen) atoms. The fraction of sp³-hybridized carbons (Fsp3) is 0.412. The quantitative estimate of drug-likeness (QED) is 0.658. The summed E-state index contributed by atoms with van der Waals surface area (Å²) >= 11 is 5.89. The van der Waals surface area contributed by atoms with Crippen LogP contribution in [0, 0.1) is 0 Å². The summed E-state index contributed by atoms with van der Waals surface area (Å²) in [5.74, 6) is 0.738. The van der Waals surface area contributed by atoms with Gasteiger partial charge in [0.05, 0.1) is 12.7 Å². The summed E-state index contributed by atoms with van der Waals surface area (Å²) in [5, 5.41) is 7.89. The maximum absolute atomic E-state index is 12.0. The van der Waals surface area contributed by atoms with Gasteiger partial charge in [0.15, 0.2) is 0 Å². The van der Waals surface area contributed by atoms with Gasteiger partial charge in [-0.1, -0.05) is 36.6 Å². The van der Waals surface area contributed by atoms with Crippen molar-refractivity contribution in [2.75, 3.05) is 11.9 Å². The van der Waals surface area contributed by atoms with Crippen molar-refractivity contribution in [2.24, 2.45) is 5.73 Å². The van der Waals surface area contributed by atoms with E-state index in [1.807, 2.05) is 30.3 Å². The Morgan fingerprint density at radius 2 is 1.83 bits per heavy atom. The largest absolute Gasteiger partial charge is 0.330 e. The van der Waals surface area contributed by atoms with Gasteiger partial charge in [-0.15, -0.1) is 12.4 Å². The summed E-state index contributed by atoms with van der Waals surface area (Å²) < 4.78 is 1.77. The average molecular weight is 371 g/mol. The van der Waals surface area contributed by atoms with E-state index in [0.29, 0.717) is 23.8 Å². The van der Waals surface area contributed by atoms with E-state index in [0.717, 1.165) is 37.8 Å². The second-order valence-electron chi connectivity index (χ2n) is 5.50. The van der Waals surface area contributed by atoms with Gasteiger partial charge in [-0.2, -0.15) is 5.10 Å². The zero-order valence-corrected chi connectivity index (χ0v) is 15.2. The Bertz CT molecular complexity index is 613. The fourth-order valence-electron chi connectivity index (χ4n) is 2.32. The fourth-order valence-corrected chi connectivity index (χ4v) is 2.44. The number of rotatable bonds is 9. The minimum absolute atomic E-state index is 0. The zero-order chi connectivity index (χ0) is 16.5. The summed E-state index contributed by atoms with van der Waals surface area (Å²) in [4.78, 5) is 12.0. The van der Waals surface area contributed by atoms with E-state index in [1.165, 1.54) is 0 Å². The monoisotopic (exact) mass is 370 g/mol. The zero-order valence-electron chi connectivity index (χ0n) is 13.6. The van der Waals surface area contributed by atoms with Crippen molar-refractivity contribution in [3.8, 4) is 0 Å². The van der Waals surface area contributed by atoms with Gasteiger partial charge < -0.3 is 11.1 Å². The van der Waals surface area contributed by atoms with E-state index < -0.39 is 0 Å². The Balaban J connectivity index is 0.00000288. The average Bonchev–Trinajstić information content (AvgIpc) is 2.96.